The van der Waals surface area contributed by atoms with E-state index in [0.29, 0.717) is 12.5 Å². The van der Waals surface area contributed by atoms with Crippen LogP contribution in [0.15, 0.2) is 60.7 Å². The summed E-state index contributed by atoms with van der Waals surface area (Å²) in [6.45, 7) is 7.83. The first-order valence-corrected chi connectivity index (χ1v) is 10.5. The summed E-state index contributed by atoms with van der Waals surface area (Å²) in [5, 5.41) is 0. The summed E-state index contributed by atoms with van der Waals surface area (Å²) >= 11 is 0. The van der Waals surface area contributed by atoms with Crippen molar-refractivity contribution in [1.82, 2.24) is 4.90 Å². The van der Waals surface area contributed by atoms with E-state index in [9.17, 15) is 4.79 Å². The SMILES string of the molecule is O=C(C[NH+]1CC[NH+](C/C=C/c2ccccc2)CC1)N1CCc2ccccc2C1. The number of nitrogens with zero attached hydrogens (tertiary/aromatic N) is 1. The molecule has 146 valence electrons. The van der Waals surface area contributed by atoms with Gasteiger partial charge in [0.2, 0.25) is 0 Å². The summed E-state index contributed by atoms with van der Waals surface area (Å²) in [7, 11) is 0. The lowest BCUT2D eigenvalue weighted by Gasteiger charge is -2.32. The highest BCUT2D eigenvalue weighted by Crippen LogP contribution is 2.18. The molecule has 2 aliphatic heterocycles. The molecule has 0 radical (unpaired) electrons. The highest BCUT2D eigenvalue weighted by molar-refractivity contribution is 5.77. The van der Waals surface area contributed by atoms with Crippen LogP contribution in [0.1, 0.15) is 16.7 Å². The minimum Gasteiger partial charge on any atom is -0.333 e. The Bertz CT molecular complexity index is 810. The fourth-order valence-electron chi connectivity index (χ4n) is 4.30. The number of rotatable bonds is 5. The van der Waals surface area contributed by atoms with Crippen molar-refractivity contribution in [3.05, 3.63) is 77.4 Å². The minimum absolute atomic E-state index is 0.317. The van der Waals surface area contributed by atoms with Crippen LogP contribution >= 0.6 is 0 Å². The van der Waals surface area contributed by atoms with Crippen LogP contribution in [0.25, 0.3) is 6.08 Å². The molecule has 0 aromatic heterocycles. The van der Waals surface area contributed by atoms with Crippen molar-refractivity contribution in [2.24, 2.45) is 0 Å². The Morgan fingerprint density at radius 1 is 0.893 bits per heavy atom. The fraction of sp³-hybridized carbons (Fsp3) is 0.375. The van der Waals surface area contributed by atoms with Crippen molar-refractivity contribution < 1.29 is 14.6 Å². The number of amides is 1. The molecule has 0 saturated carbocycles. The lowest BCUT2D eigenvalue weighted by molar-refractivity contribution is -1.01. The maximum absolute atomic E-state index is 12.8. The monoisotopic (exact) mass is 377 g/mol. The van der Waals surface area contributed by atoms with Gasteiger partial charge in [-0.2, -0.15) is 0 Å². The summed E-state index contributed by atoms with van der Waals surface area (Å²) in [5.41, 5.74) is 3.98. The van der Waals surface area contributed by atoms with Gasteiger partial charge >= 0.3 is 0 Å². The Balaban J connectivity index is 1.20. The molecule has 2 N–H and O–H groups in total. The highest BCUT2D eigenvalue weighted by atomic mass is 16.2. The predicted octanol–water partition coefficient (Wildman–Crippen LogP) is 0.0681. The van der Waals surface area contributed by atoms with Crippen LogP contribution in [0.5, 0.6) is 0 Å². The molecule has 4 nitrogen and oxygen atoms in total. The molecule has 2 aliphatic rings. The van der Waals surface area contributed by atoms with Gasteiger partial charge in [-0.1, -0.05) is 60.7 Å². The molecule has 0 bridgehead atoms. The largest absolute Gasteiger partial charge is 0.333 e. The molecule has 4 heteroatoms. The van der Waals surface area contributed by atoms with E-state index in [2.05, 4.69) is 71.6 Å². The summed E-state index contributed by atoms with van der Waals surface area (Å²) in [6, 6.07) is 19.0. The van der Waals surface area contributed by atoms with Gasteiger partial charge in [0.1, 0.15) is 26.2 Å². The second-order valence-corrected chi connectivity index (χ2v) is 8.03. The average Bonchev–Trinajstić information content (AvgIpc) is 2.75. The van der Waals surface area contributed by atoms with Crippen LogP contribution in [0, 0.1) is 0 Å². The highest BCUT2D eigenvalue weighted by Gasteiger charge is 2.27. The third-order valence-corrected chi connectivity index (χ3v) is 6.07. The lowest BCUT2D eigenvalue weighted by Crippen LogP contribution is -3.28. The quantitative estimate of drug-likeness (QED) is 0.759. The van der Waals surface area contributed by atoms with Gasteiger partial charge in [0.05, 0.1) is 6.54 Å². The van der Waals surface area contributed by atoms with Crippen molar-refractivity contribution in [2.75, 3.05) is 45.8 Å². The second-order valence-electron chi connectivity index (χ2n) is 8.03. The fourth-order valence-corrected chi connectivity index (χ4v) is 4.30. The van der Waals surface area contributed by atoms with E-state index >= 15 is 0 Å². The second kappa shape index (κ2) is 9.18. The number of nitrogens with one attached hydrogen (secondary N) is 2. The number of benzene rings is 2. The molecule has 0 spiro atoms. The molecule has 2 aromatic rings. The number of piperazine rings is 1. The van der Waals surface area contributed by atoms with Crippen molar-refractivity contribution in [2.45, 2.75) is 13.0 Å². The van der Waals surface area contributed by atoms with Gasteiger partial charge < -0.3 is 14.7 Å². The van der Waals surface area contributed by atoms with Crippen LogP contribution in [-0.2, 0) is 17.8 Å². The molecule has 28 heavy (non-hydrogen) atoms. The molecule has 0 unspecified atom stereocenters. The standard InChI is InChI=1S/C24H29N3O/c28-24(27-14-12-22-10-4-5-11-23(22)19-27)20-26-17-15-25(16-18-26)13-6-9-21-7-2-1-3-8-21/h1-11H,12-20H2/p+2/b9-6+. The van der Waals surface area contributed by atoms with Gasteiger partial charge in [0.15, 0.2) is 6.54 Å². The zero-order valence-corrected chi connectivity index (χ0v) is 16.6. The zero-order valence-electron chi connectivity index (χ0n) is 16.6. The number of carbonyl (C=O) groups is 1. The number of carbonyl (C=O) groups excluding carboxylic acids is 1. The number of quaternary nitrogens is 2. The molecule has 0 atom stereocenters. The Kier molecular flexibility index (Phi) is 6.20. The maximum Gasteiger partial charge on any atom is 0.278 e. The molecule has 2 aromatic carbocycles. The van der Waals surface area contributed by atoms with E-state index in [1.807, 2.05) is 0 Å². The zero-order chi connectivity index (χ0) is 19.2. The topological polar surface area (TPSA) is 29.2 Å². The third kappa shape index (κ3) is 4.89. The Morgan fingerprint density at radius 2 is 1.57 bits per heavy atom. The Hall–Kier alpha value is -2.43. The van der Waals surface area contributed by atoms with Gasteiger partial charge in [-0.05, 0) is 29.2 Å². The van der Waals surface area contributed by atoms with Gasteiger partial charge in [-0.15, -0.1) is 0 Å². The summed E-state index contributed by atoms with van der Waals surface area (Å²) in [6.07, 6.45) is 5.48. The molecule has 2 heterocycles. The smallest absolute Gasteiger partial charge is 0.278 e. The van der Waals surface area contributed by atoms with Crippen molar-refractivity contribution in [1.29, 1.82) is 0 Å². The minimum atomic E-state index is 0.317. The van der Waals surface area contributed by atoms with Crippen molar-refractivity contribution in [3.63, 3.8) is 0 Å². The molecule has 1 saturated heterocycles. The maximum atomic E-state index is 12.8. The summed E-state index contributed by atoms with van der Waals surface area (Å²) in [4.78, 5) is 17.9. The molecular weight excluding hydrogens is 346 g/mol. The van der Waals surface area contributed by atoms with Crippen LogP contribution in [0.4, 0.5) is 0 Å². The number of hydrogen-bond acceptors (Lipinski definition) is 1. The predicted molar refractivity (Wildman–Crippen MR) is 112 cm³/mol. The van der Waals surface area contributed by atoms with Gasteiger partial charge in [-0.3, -0.25) is 4.79 Å². The third-order valence-electron chi connectivity index (χ3n) is 6.07. The van der Waals surface area contributed by atoms with E-state index in [-0.39, 0.29) is 0 Å². The average molecular weight is 378 g/mol. The van der Waals surface area contributed by atoms with Gasteiger partial charge in [-0.25, -0.2) is 0 Å². The number of fused-ring (bicyclic) bond motifs is 1. The first kappa shape index (κ1) is 18.9. The molecular formula is C24H31N3O+2. The first-order chi connectivity index (χ1) is 13.8. The van der Waals surface area contributed by atoms with Crippen LogP contribution in [0.2, 0.25) is 0 Å². The van der Waals surface area contributed by atoms with E-state index in [1.54, 1.807) is 4.90 Å². The molecule has 1 fully saturated rings. The Labute approximate surface area is 168 Å². The van der Waals surface area contributed by atoms with Crippen molar-refractivity contribution >= 4 is 12.0 Å². The van der Waals surface area contributed by atoms with Gasteiger partial charge in [0.25, 0.3) is 5.91 Å². The Morgan fingerprint density at radius 3 is 2.36 bits per heavy atom. The molecule has 4 rings (SSSR count). The van der Waals surface area contributed by atoms with E-state index in [0.717, 1.165) is 52.2 Å². The van der Waals surface area contributed by atoms with Crippen LogP contribution < -0.4 is 9.80 Å². The van der Waals surface area contributed by atoms with Crippen molar-refractivity contribution in [3.8, 4) is 0 Å². The van der Waals surface area contributed by atoms with E-state index < -0.39 is 0 Å². The van der Waals surface area contributed by atoms with E-state index in [4.69, 9.17) is 0 Å². The summed E-state index contributed by atoms with van der Waals surface area (Å²) in [5.74, 6) is 0.317. The van der Waals surface area contributed by atoms with Crippen LogP contribution in [0.3, 0.4) is 0 Å². The van der Waals surface area contributed by atoms with Crippen LogP contribution in [-0.4, -0.2) is 56.6 Å². The summed E-state index contributed by atoms with van der Waals surface area (Å²) < 4.78 is 0. The number of hydrogen-bond donors (Lipinski definition) is 2. The van der Waals surface area contributed by atoms with Gasteiger partial charge in [0, 0.05) is 13.1 Å². The van der Waals surface area contributed by atoms with E-state index in [1.165, 1.54) is 21.6 Å². The molecule has 1 amide bonds. The first-order valence-electron chi connectivity index (χ1n) is 10.5. The normalized spacial score (nSPS) is 22.2. The molecule has 0 aliphatic carbocycles. The lowest BCUT2D eigenvalue weighted by atomic mass is 10.00.